The Morgan fingerprint density at radius 2 is 2.17 bits per heavy atom. The van der Waals surface area contributed by atoms with E-state index in [4.69, 9.17) is 10.1 Å². The van der Waals surface area contributed by atoms with Crippen LogP contribution in [0.1, 0.15) is 40.5 Å². The number of hydrogen-bond acceptors (Lipinski definition) is 5. The van der Waals surface area contributed by atoms with Crippen molar-refractivity contribution >= 4 is 22.9 Å². The molecular weight excluding hydrogens is 382 g/mol. The number of piperidine rings is 1. The fraction of sp³-hybridized carbons (Fsp3) is 0.273. The molecule has 1 atom stereocenters. The first-order valence-corrected chi connectivity index (χ1v) is 10.7. The van der Waals surface area contributed by atoms with Crippen LogP contribution in [-0.4, -0.2) is 43.5 Å². The predicted octanol–water partition coefficient (Wildman–Crippen LogP) is 4.18. The maximum atomic E-state index is 12.9. The molecule has 0 saturated carbocycles. The number of pyridine rings is 2. The fourth-order valence-corrected chi connectivity index (χ4v) is 4.61. The lowest BCUT2D eigenvalue weighted by molar-refractivity contribution is 0.0704. The zero-order valence-electron chi connectivity index (χ0n) is 16.2. The zero-order chi connectivity index (χ0) is 19.8. The standard InChI is InChI=1S/C22H21N5OS/c1-15-10-18(12-23-11-15)22(28)26-8-2-4-17(13-26)21-24-20-7-6-16(14-27(20)25-21)19-5-3-9-29-19/h3,5-7,9-12,14,17H,2,4,8,13H2,1H3/t17-/m1/s1. The summed E-state index contributed by atoms with van der Waals surface area (Å²) < 4.78 is 1.86. The van der Waals surface area contributed by atoms with Gasteiger partial charge in [0.15, 0.2) is 11.5 Å². The van der Waals surface area contributed by atoms with Gasteiger partial charge in [-0.3, -0.25) is 9.78 Å². The molecule has 5 rings (SSSR count). The number of aryl methyl sites for hydroxylation is 1. The van der Waals surface area contributed by atoms with Crippen molar-refractivity contribution in [3.63, 3.8) is 0 Å². The van der Waals surface area contributed by atoms with Gasteiger partial charge in [0.05, 0.1) is 5.56 Å². The number of aromatic nitrogens is 4. The summed E-state index contributed by atoms with van der Waals surface area (Å²) in [5.74, 6) is 0.999. The minimum Gasteiger partial charge on any atom is -0.338 e. The van der Waals surface area contributed by atoms with E-state index in [0.29, 0.717) is 12.1 Å². The maximum Gasteiger partial charge on any atom is 0.255 e. The second-order valence-electron chi connectivity index (χ2n) is 7.51. The number of carbonyl (C=O) groups excluding carboxylic acids is 1. The van der Waals surface area contributed by atoms with Gasteiger partial charge in [-0.15, -0.1) is 11.3 Å². The Bertz CT molecular complexity index is 1170. The summed E-state index contributed by atoms with van der Waals surface area (Å²) in [6, 6.07) is 10.1. The monoisotopic (exact) mass is 403 g/mol. The topological polar surface area (TPSA) is 63.4 Å². The quantitative estimate of drug-likeness (QED) is 0.515. The van der Waals surface area contributed by atoms with Gasteiger partial charge in [-0.25, -0.2) is 9.50 Å². The Labute approximate surface area is 172 Å². The third kappa shape index (κ3) is 3.53. The number of nitrogens with zero attached hydrogens (tertiary/aromatic N) is 5. The van der Waals surface area contributed by atoms with E-state index in [2.05, 4.69) is 22.5 Å². The molecule has 0 unspecified atom stereocenters. The largest absolute Gasteiger partial charge is 0.338 e. The van der Waals surface area contributed by atoms with Crippen molar-refractivity contribution in [2.24, 2.45) is 0 Å². The normalized spacial score (nSPS) is 17.0. The molecule has 0 bridgehead atoms. The summed E-state index contributed by atoms with van der Waals surface area (Å²) in [5.41, 5.74) is 3.62. The Morgan fingerprint density at radius 3 is 3.00 bits per heavy atom. The first-order valence-electron chi connectivity index (χ1n) is 9.78. The van der Waals surface area contributed by atoms with E-state index in [9.17, 15) is 4.79 Å². The molecule has 1 amide bonds. The van der Waals surface area contributed by atoms with Crippen LogP contribution in [0.5, 0.6) is 0 Å². The number of amides is 1. The molecule has 0 aromatic carbocycles. The van der Waals surface area contributed by atoms with Crippen molar-refractivity contribution in [2.45, 2.75) is 25.7 Å². The van der Waals surface area contributed by atoms with Crippen LogP contribution in [-0.2, 0) is 0 Å². The van der Waals surface area contributed by atoms with Crippen molar-refractivity contribution in [1.29, 1.82) is 0 Å². The highest BCUT2D eigenvalue weighted by Crippen LogP contribution is 2.28. The summed E-state index contributed by atoms with van der Waals surface area (Å²) in [6.45, 7) is 3.36. The zero-order valence-corrected chi connectivity index (χ0v) is 17.0. The van der Waals surface area contributed by atoms with Crippen LogP contribution < -0.4 is 0 Å². The van der Waals surface area contributed by atoms with E-state index < -0.39 is 0 Å². The lowest BCUT2D eigenvalue weighted by Gasteiger charge is -2.31. The van der Waals surface area contributed by atoms with E-state index in [1.54, 1.807) is 23.7 Å². The number of likely N-dealkylation sites (tertiary alicyclic amines) is 1. The Kier molecular flexibility index (Phi) is 4.60. The minimum absolute atomic E-state index is 0.0367. The summed E-state index contributed by atoms with van der Waals surface area (Å²) in [5, 5.41) is 6.82. The SMILES string of the molecule is Cc1cncc(C(=O)N2CCC[C@@H](c3nc4ccc(-c5cccs5)cn4n3)C2)c1. The van der Waals surface area contributed by atoms with E-state index in [0.717, 1.165) is 42.0 Å². The van der Waals surface area contributed by atoms with Crippen molar-refractivity contribution in [1.82, 2.24) is 24.5 Å². The van der Waals surface area contributed by atoms with E-state index in [1.165, 1.54) is 4.88 Å². The third-order valence-corrected chi connectivity index (χ3v) is 6.27. The molecule has 0 radical (unpaired) electrons. The molecule has 4 aromatic rings. The first-order chi connectivity index (χ1) is 14.2. The smallest absolute Gasteiger partial charge is 0.255 e. The van der Waals surface area contributed by atoms with Crippen LogP contribution in [0.25, 0.3) is 16.1 Å². The number of thiophene rings is 1. The van der Waals surface area contributed by atoms with Gasteiger partial charge >= 0.3 is 0 Å². The van der Waals surface area contributed by atoms with Crippen LogP contribution in [0.15, 0.2) is 54.3 Å². The summed E-state index contributed by atoms with van der Waals surface area (Å²) in [7, 11) is 0. The maximum absolute atomic E-state index is 12.9. The van der Waals surface area contributed by atoms with Gasteiger partial charge in [0.2, 0.25) is 0 Å². The molecule has 1 aliphatic heterocycles. The first kappa shape index (κ1) is 18.0. The van der Waals surface area contributed by atoms with Crippen LogP contribution >= 0.6 is 11.3 Å². The van der Waals surface area contributed by atoms with Crippen LogP contribution in [0.2, 0.25) is 0 Å². The van der Waals surface area contributed by atoms with Gasteiger partial charge < -0.3 is 4.90 Å². The van der Waals surface area contributed by atoms with Gasteiger partial charge in [0, 0.05) is 48.0 Å². The summed E-state index contributed by atoms with van der Waals surface area (Å²) in [4.78, 5) is 24.9. The number of carbonyl (C=O) groups is 1. The molecule has 6 nitrogen and oxygen atoms in total. The Hall–Kier alpha value is -3.06. The lowest BCUT2D eigenvalue weighted by atomic mass is 9.97. The molecule has 1 fully saturated rings. The molecule has 5 heterocycles. The second-order valence-corrected chi connectivity index (χ2v) is 8.46. The molecular formula is C22H21N5OS. The van der Waals surface area contributed by atoms with E-state index in [-0.39, 0.29) is 11.8 Å². The molecule has 29 heavy (non-hydrogen) atoms. The van der Waals surface area contributed by atoms with Crippen LogP contribution in [0.4, 0.5) is 0 Å². The van der Waals surface area contributed by atoms with Crippen molar-refractivity contribution in [3.8, 4) is 10.4 Å². The Morgan fingerprint density at radius 1 is 1.24 bits per heavy atom. The van der Waals surface area contributed by atoms with Crippen molar-refractivity contribution in [2.75, 3.05) is 13.1 Å². The lowest BCUT2D eigenvalue weighted by Crippen LogP contribution is -2.39. The fourth-order valence-electron chi connectivity index (χ4n) is 3.89. The molecule has 4 aromatic heterocycles. The highest BCUT2D eigenvalue weighted by atomic mass is 32.1. The van der Waals surface area contributed by atoms with Gasteiger partial charge in [-0.1, -0.05) is 6.07 Å². The molecule has 7 heteroatoms. The second kappa shape index (κ2) is 7.40. The summed E-state index contributed by atoms with van der Waals surface area (Å²) in [6.07, 6.45) is 7.38. The highest BCUT2D eigenvalue weighted by molar-refractivity contribution is 7.13. The summed E-state index contributed by atoms with van der Waals surface area (Å²) >= 11 is 1.71. The number of hydrogen-bond donors (Lipinski definition) is 0. The molecule has 0 spiro atoms. The number of fused-ring (bicyclic) bond motifs is 1. The van der Waals surface area contributed by atoms with E-state index in [1.807, 2.05) is 40.7 Å². The van der Waals surface area contributed by atoms with Gasteiger partial charge in [-0.2, -0.15) is 5.10 Å². The molecule has 0 N–H and O–H groups in total. The Balaban J connectivity index is 1.39. The van der Waals surface area contributed by atoms with Gasteiger partial charge in [-0.05, 0) is 55.0 Å². The third-order valence-electron chi connectivity index (χ3n) is 5.35. The van der Waals surface area contributed by atoms with Gasteiger partial charge in [0.1, 0.15) is 0 Å². The number of rotatable bonds is 3. The van der Waals surface area contributed by atoms with Crippen molar-refractivity contribution in [3.05, 3.63) is 71.3 Å². The van der Waals surface area contributed by atoms with Gasteiger partial charge in [0.25, 0.3) is 5.91 Å². The minimum atomic E-state index is 0.0367. The predicted molar refractivity (Wildman–Crippen MR) is 113 cm³/mol. The average Bonchev–Trinajstić information content (AvgIpc) is 3.42. The van der Waals surface area contributed by atoms with Crippen LogP contribution in [0.3, 0.4) is 0 Å². The molecule has 1 saturated heterocycles. The van der Waals surface area contributed by atoms with Crippen molar-refractivity contribution < 1.29 is 4.79 Å². The average molecular weight is 404 g/mol. The highest BCUT2D eigenvalue weighted by Gasteiger charge is 2.28. The molecule has 1 aliphatic rings. The van der Waals surface area contributed by atoms with Crippen LogP contribution in [0, 0.1) is 6.92 Å². The molecule has 146 valence electrons. The van der Waals surface area contributed by atoms with E-state index >= 15 is 0 Å². The molecule has 0 aliphatic carbocycles.